The molecule has 96 valence electrons. The average molecular weight is 239 g/mol. The summed E-state index contributed by atoms with van der Waals surface area (Å²) in [6.07, 6.45) is 0.454. The standard InChI is InChI=1S/C14H22FNO/c1-5-10(2)9-16(4)14-7-6-12(15)8-13(14)11(3)17/h6-8,10-11,17H,5,9H2,1-4H3. The lowest BCUT2D eigenvalue weighted by Crippen LogP contribution is -2.25. The third kappa shape index (κ3) is 3.70. The second kappa shape index (κ2) is 6.01. The molecule has 0 saturated carbocycles. The van der Waals surface area contributed by atoms with Crippen molar-refractivity contribution in [3.8, 4) is 0 Å². The Kier molecular flexibility index (Phi) is 4.94. The SMILES string of the molecule is CCC(C)CN(C)c1ccc(F)cc1C(C)O. The van der Waals surface area contributed by atoms with E-state index in [-0.39, 0.29) is 5.82 Å². The molecule has 0 amide bonds. The van der Waals surface area contributed by atoms with Gasteiger partial charge in [-0.15, -0.1) is 0 Å². The van der Waals surface area contributed by atoms with Gasteiger partial charge in [0, 0.05) is 24.8 Å². The van der Waals surface area contributed by atoms with Gasteiger partial charge in [-0.25, -0.2) is 4.39 Å². The number of benzene rings is 1. The van der Waals surface area contributed by atoms with Crippen molar-refractivity contribution in [3.05, 3.63) is 29.6 Å². The number of anilines is 1. The molecule has 1 N–H and O–H groups in total. The van der Waals surface area contributed by atoms with Crippen LogP contribution < -0.4 is 4.90 Å². The Balaban J connectivity index is 2.96. The Morgan fingerprint density at radius 2 is 2.00 bits per heavy atom. The summed E-state index contributed by atoms with van der Waals surface area (Å²) in [5, 5.41) is 9.68. The maximum atomic E-state index is 13.2. The van der Waals surface area contributed by atoms with Gasteiger partial charge in [0.15, 0.2) is 0 Å². The normalized spacial score (nSPS) is 14.5. The highest BCUT2D eigenvalue weighted by Crippen LogP contribution is 2.27. The summed E-state index contributed by atoms with van der Waals surface area (Å²) in [6.45, 7) is 6.90. The van der Waals surface area contributed by atoms with E-state index in [1.54, 1.807) is 13.0 Å². The van der Waals surface area contributed by atoms with Crippen LogP contribution in [-0.4, -0.2) is 18.7 Å². The number of hydrogen-bond donors (Lipinski definition) is 1. The fourth-order valence-electron chi connectivity index (χ4n) is 1.90. The summed E-state index contributed by atoms with van der Waals surface area (Å²) < 4.78 is 13.2. The lowest BCUT2D eigenvalue weighted by Gasteiger charge is -2.26. The Labute approximate surface area is 103 Å². The van der Waals surface area contributed by atoms with Crippen LogP contribution in [0.5, 0.6) is 0 Å². The van der Waals surface area contributed by atoms with Crippen LogP contribution in [0.15, 0.2) is 18.2 Å². The van der Waals surface area contributed by atoms with Crippen molar-refractivity contribution in [1.82, 2.24) is 0 Å². The van der Waals surface area contributed by atoms with Crippen molar-refractivity contribution >= 4 is 5.69 Å². The fraction of sp³-hybridized carbons (Fsp3) is 0.571. The summed E-state index contributed by atoms with van der Waals surface area (Å²) >= 11 is 0. The van der Waals surface area contributed by atoms with Crippen LogP contribution in [0.25, 0.3) is 0 Å². The molecular weight excluding hydrogens is 217 g/mol. The molecule has 17 heavy (non-hydrogen) atoms. The van der Waals surface area contributed by atoms with Gasteiger partial charge in [-0.3, -0.25) is 0 Å². The number of aliphatic hydroxyl groups excluding tert-OH is 1. The largest absolute Gasteiger partial charge is 0.389 e. The molecule has 0 fully saturated rings. The summed E-state index contributed by atoms with van der Waals surface area (Å²) in [6, 6.07) is 4.58. The monoisotopic (exact) mass is 239 g/mol. The van der Waals surface area contributed by atoms with Crippen molar-refractivity contribution in [2.45, 2.75) is 33.3 Å². The van der Waals surface area contributed by atoms with E-state index < -0.39 is 6.10 Å². The van der Waals surface area contributed by atoms with Crippen molar-refractivity contribution in [2.24, 2.45) is 5.92 Å². The first-order valence-electron chi connectivity index (χ1n) is 6.14. The highest BCUT2D eigenvalue weighted by atomic mass is 19.1. The first-order chi connectivity index (χ1) is 7.95. The molecule has 2 nitrogen and oxygen atoms in total. The molecule has 0 aliphatic rings. The van der Waals surface area contributed by atoms with Gasteiger partial charge in [0.05, 0.1) is 6.10 Å². The van der Waals surface area contributed by atoms with Gasteiger partial charge in [-0.2, -0.15) is 0 Å². The van der Waals surface area contributed by atoms with E-state index in [1.807, 2.05) is 7.05 Å². The Morgan fingerprint density at radius 1 is 1.35 bits per heavy atom. The average Bonchev–Trinajstić information content (AvgIpc) is 2.28. The molecule has 1 rings (SSSR count). The molecule has 1 aromatic carbocycles. The van der Waals surface area contributed by atoms with Crippen LogP contribution in [0.1, 0.15) is 38.9 Å². The highest BCUT2D eigenvalue weighted by molar-refractivity contribution is 5.54. The van der Waals surface area contributed by atoms with Crippen LogP contribution in [0, 0.1) is 11.7 Å². The van der Waals surface area contributed by atoms with Gasteiger partial charge in [0.1, 0.15) is 5.82 Å². The van der Waals surface area contributed by atoms with Gasteiger partial charge < -0.3 is 10.0 Å². The number of aliphatic hydroxyl groups is 1. The molecule has 0 spiro atoms. The van der Waals surface area contributed by atoms with Gasteiger partial charge >= 0.3 is 0 Å². The molecular formula is C14H22FNO. The van der Waals surface area contributed by atoms with Crippen LogP contribution in [0.2, 0.25) is 0 Å². The lowest BCUT2D eigenvalue weighted by atomic mass is 10.0. The Morgan fingerprint density at radius 3 is 2.53 bits per heavy atom. The quantitative estimate of drug-likeness (QED) is 0.851. The summed E-state index contributed by atoms with van der Waals surface area (Å²) in [7, 11) is 1.98. The second-order valence-electron chi connectivity index (χ2n) is 4.77. The van der Waals surface area contributed by atoms with Crippen molar-refractivity contribution in [1.29, 1.82) is 0 Å². The number of nitrogens with zero attached hydrogens (tertiary/aromatic N) is 1. The van der Waals surface area contributed by atoms with Crippen molar-refractivity contribution < 1.29 is 9.50 Å². The third-order valence-electron chi connectivity index (χ3n) is 3.13. The smallest absolute Gasteiger partial charge is 0.123 e. The maximum absolute atomic E-state index is 13.2. The van der Waals surface area contributed by atoms with Crippen molar-refractivity contribution in [3.63, 3.8) is 0 Å². The number of rotatable bonds is 5. The van der Waals surface area contributed by atoms with E-state index in [9.17, 15) is 9.50 Å². The summed E-state index contributed by atoms with van der Waals surface area (Å²) in [5.74, 6) is 0.272. The second-order valence-corrected chi connectivity index (χ2v) is 4.77. The minimum atomic E-state index is -0.653. The zero-order chi connectivity index (χ0) is 13.0. The molecule has 0 bridgehead atoms. The summed E-state index contributed by atoms with van der Waals surface area (Å²) in [4.78, 5) is 2.08. The molecule has 0 aromatic heterocycles. The van der Waals surface area contributed by atoms with Crippen molar-refractivity contribution in [2.75, 3.05) is 18.5 Å². The van der Waals surface area contributed by atoms with Crippen LogP contribution in [0.3, 0.4) is 0 Å². The topological polar surface area (TPSA) is 23.5 Å². The van der Waals surface area contributed by atoms with Gasteiger partial charge in [0.25, 0.3) is 0 Å². The molecule has 0 saturated heterocycles. The zero-order valence-electron chi connectivity index (χ0n) is 11.1. The zero-order valence-corrected chi connectivity index (χ0v) is 11.1. The van der Waals surface area contributed by atoms with E-state index >= 15 is 0 Å². The lowest BCUT2D eigenvalue weighted by molar-refractivity contribution is 0.199. The van der Waals surface area contributed by atoms with Gasteiger partial charge in [-0.1, -0.05) is 20.3 Å². The molecule has 0 radical (unpaired) electrons. The van der Waals surface area contributed by atoms with E-state index in [0.717, 1.165) is 18.7 Å². The van der Waals surface area contributed by atoms with E-state index in [2.05, 4.69) is 18.7 Å². The molecule has 0 aliphatic heterocycles. The first kappa shape index (κ1) is 14.0. The molecule has 2 unspecified atom stereocenters. The van der Waals surface area contributed by atoms with Gasteiger partial charge in [-0.05, 0) is 31.0 Å². The first-order valence-corrected chi connectivity index (χ1v) is 6.14. The molecule has 0 aliphatic carbocycles. The maximum Gasteiger partial charge on any atom is 0.123 e. The van der Waals surface area contributed by atoms with Crippen LogP contribution in [-0.2, 0) is 0 Å². The minimum absolute atomic E-state index is 0.304. The molecule has 2 atom stereocenters. The molecule has 1 aromatic rings. The summed E-state index contributed by atoms with van der Waals surface area (Å²) in [5.41, 5.74) is 1.55. The Bertz CT molecular complexity index is 365. The van der Waals surface area contributed by atoms with E-state index in [1.165, 1.54) is 12.1 Å². The predicted molar refractivity (Wildman–Crippen MR) is 69.8 cm³/mol. The Hall–Kier alpha value is -1.09. The fourth-order valence-corrected chi connectivity index (χ4v) is 1.90. The minimum Gasteiger partial charge on any atom is -0.389 e. The number of hydrogen-bond acceptors (Lipinski definition) is 2. The molecule has 3 heteroatoms. The molecule has 0 heterocycles. The highest BCUT2D eigenvalue weighted by Gasteiger charge is 2.14. The number of halogens is 1. The van der Waals surface area contributed by atoms with E-state index in [4.69, 9.17) is 0 Å². The third-order valence-corrected chi connectivity index (χ3v) is 3.13. The van der Waals surface area contributed by atoms with Crippen LogP contribution >= 0.6 is 0 Å². The predicted octanol–water partition coefficient (Wildman–Crippen LogP) is 3.36. The van der Waals surface area contributed by atoms with E-state index in [0.29, 0.717) is 11.5 Å². The van der Waals surface area contributed by atoms with Gasteiger partial charge in [0.2, 0.25) is 0 Å². The van der Waals surface area contributed by atoms with Crippen LogP contribution in [0.4, 0.5) is 10.1 Å².